The van der Waals surface area contributed by atoms with Gasteiger partial charge in [0.05, 0.1) is 12.2 Å². The minimum absolute atomic E-state index is 0.342. The largest absolute Gasteiger partial charge is 0.481 e. The maximum absolute atomic E-state index is 10.4. The van der Waals surface area contributed by atoms with Gasteiger partial charge < -0.3 is 9.84 Å². The van der Waals surface area contributed by atoms with E-state index in [4.69, 9.17) is 9.84 Å². The minimum Gasteiger partial charge on any atom is -0.481 e. The van der Waals surface area contributed by atoms with Gasteiger partial charge in [0.2, 0.25) is 0 Å². The van der Waals surface area contributed by atoms with Crippen LogP contribution in [0.3, 0.4) is 0 Å². The molecule has 1 aliphatic heterocycles. The summed E-state index contributed by atoms with van der Waals surface area (Å²) in [5, 5.41) is 8.56. The van der Waals surface area contributed by atoms with Crippen molar-refractivity contribution < 1.29 is 14.6 Å². The van der Waals surface area contributed by atoms with Crippen molar-refractivity contribution in [1.82, 2.24) is 0 Å². The molecule has 1 rings (SSSR count). The molecular formula is C22H42O3. The van der Waals surface area contributed by atoms with E-state index in [1.807, 2.05) is 0 Å². The van der Waals surface area contributed by atoms with E-state index >= 15 is 0 Å². The first-order chi connectivity index (χ1) is 12.2. The molecule has 0 bridgehead atoms. The monoisotopic (exact) mass is 354 g/mol. The number of carboxylic acids is 1. The molecule has 0 amide bonds. The number of carboxylic acid groups (broad SMARTS) is 1. The van der Waals surface area contributed by atoms with Crippen molar-refractivity contribution in [3.8, 4) is 0 Å². The van der Waals surface area contributed by atoms with E-state index < -0.39 is 5.97 Å². The molecule has 1 N–H and O–H groups in total. The van der Waals surface area contributed by atoms with Crippen LogP contribution in [-0.4, -0.2) is 23.3 Å². The zero-order chi connectivity index (χ0) is 18.2. The van der Waals surface area contributed by atoms with Crippen LogP contribution in [0.5, 0.6) is 0 Å². The fourth-order valence-corrected chi connectivity index (χ4v) is 3.71. The number of epoxide rings is 1. The molecule has 148 valence electrons. The van der Waals surface area contributed by atoms with E-state index in [-0.39, 0.29) is 0 Å². The maximum Gasteiger partial charge on any atom is 0.303 e. The third-order valence-corrected chi connectivity index (χ3v) is 5.47. The van der Waals surface area contributed by atoms with Crippen molar-refractivity contribution in [2.24, 2.45) is 0 Å². The molecule has 1 aliphatic rings. The lowest BCUT2D eigenvalue weighted by Crippen LogP contribution is -1.93. The van der Waals surface area contributed by atoms with Gasteiger partial charge in [-0.2, -0.15) is 0 Å². The second kappa shape index (κ2) is 15.7. The summed E-state index contributed by atoms with van der Waals surface area (Å²) >= 11 is 0. The normalized spacial score (nSPS) is 19.2. The lowest BCUT2D eigenvalue weighted by molar-refractivity contribution is -0.137. The molecule has 3 nitrogen and oxygen atoms in total. The van der Waals surface area contributed by atoms with Crippen molar-refractivity contribution in [3.63, 3.8) is 0 Å². The topological polar surface area (TPSA) is 49.8 Å². The Morgan fingerprint density at radius 1 is 0.680 bits per heavy atom. The Kier molecular flexibility index (Phi) is 14.1. The van der Waals surface area contributed by atoms with Crippen LogP contribution < -0.4 is 0 Å². The molecule has 0 aromatic carbocycles. The third-order valence-electron chi connectivity index (χ3n) is 5.47. The Hall–Kier alpha value is -0.570. The van der Waals surface area contributed by atoms with Gasteiger partial charge in [0.15, 0.2) is 0 Å². The van der Waals surface area contributed by atoms with Crippen molar-refractivity contribution in [1.29, 1.82) is 0 Å². The molecule has 2 atom stereocenters. The summed E-state index contributed by atoms with van der Waals surface area (Å²) in [5.74, 6) is -0.655. The van der Waals surface area contributed by atoms with Gasteiger partial charge in [-0.25, -0.2) is 0 Å². The van der Waals surface area contributed by atoms with E-state index in [1.165, 1.54) is 96.3 Å². The summed E-state index contributed by atoms with van der Waals surface area (Å²) < 4.78 is 5.58. The molecule has 0 aromatic rings. The van der Waals surface area contributed by atoms with Gasteiger partial charge in [0.25, 0.3) is 0 Å². The fraction of sp³-hybridized carbons (Fsp3) is 0.955. The number of rotatable bonds is 19. The van der Waals surface area contributed by atoms with Crippen molar-refractivity contribution >= 4 is 5.97 Å². The summed E-state index contributed by atoms with van der Waals surface area (Å²) in [6, 6.07) is 0. The highest BCUT2D eigenvalue weighted by molar-refractivity contribution is 5.66. The predicted molar refractivity (Wildman–Crippen MR) is 105 cm³/mol. The van der Waals surface area contributed by atoms with E-state index in [0.717, 1.165) is 12.8 Å². The molecular weight excluding hydrogens is 312 g/mol. The summed E-state index contributed by atoms with van der Waals surface area (Å²) in [4.78, 5) is 10.4. The van der Waals surface area contributed by atoms with Crippen LogP contribution in [0.1, 0.15) is 122 Å². The molecule has 0 aromatic heterocycles. The van der Waals surface area contributed by atoms with Gasteiger partial charge in [0, 0.05) is 6.42 Å². The van der Waals surface area contributed by atoms with E-state index in [9.17, 15) is 4.79 Å². The number of hydrogen-bond donors (Lipinski definition) is 1. The molecule has 0 unspecified atom stereocenters. The number of carbonyl (C=O) groups is 1. The molecule has 25 heavy (non-hydrogen) atoms. The summed E-state index contributed by atoms with van der Waals surface area (Å²) in [7, 11) is 0. The molecule has 1 heterocycles. The van der Waals surface area contributed by atoms with Crippen LogP contribution in [0, 0.1) is 0 Å². The van der Waals surface area contributed by atoms with Crippen LogP contribution in [0.4, 0.5) is 0 Å². The van der Waals surface area contributed by atoms with Crippen LogP contribution in [-0.2, 0) is 9.53 Å². The second-order valence-electron chi connectivity index (χ2n) is 7.86. The minimum atomic E-state index is -0.655. The smallest absolute Gasteiger partial charge is 0.303 e. The lowest BCUT2D eigenvalue weighted by Gasteiger charge is -2.03. The summed E-state index contributed by atoms with van der Waals surface area (Å²) in [6.45, 7) is 2.22. The van der Waals surface area contributed by atoms with Crippen LogP contribution in [0.2, 0.25) is 0 Å². The first-order valence-electron chi connectivity index (χ1n) is 11.1. The lowest BCUT2D eigenvalue weighted by atomic mass is 10.0. The maximum atomic E-state index is 10.4. The highest BCUT2D eigenvalue weighted by atomic mass is 16.6. The zero-order valence-electron chi connectivity index (χ0n) is 16.6. The molecule has 1 fully saturated rings. The van der Waals surface area contributed by atoms with Gasteiger partial charge in [-0.1, -0.05) is 96.8 Å². The average molecular weight is 355 g/mol. The second-order valence-corrected chi connectivity index (χ2v) is 7.86. The van der Waals surface area contributed by atoms with Gasteiger partial charge >= 0.3 is 5.97 Å². The van der Waals surface area contributed by atoms with Crippen molar-refractivity contribution in [2.75, 3.05) is 0 Å². The van der Waals surface area contributed by atoms with E-state index in [2.05, 4.69) is 6.92 Å². The van der Waals surface area contributed by atoms with Gasteiger partial charge in [-0.15, -0.1) is 0 Å². The number of ether oxygens (including phenoxy) is 1. The molecule has 0 radical (unpaired) electrons. The summed E-state index contributed by atoms with van der Waals surface area (Å²) in [5.41, 5.74) is 0. The summed E-state index contributed by atoms with van der Waals surface area (Å²) in [6.07, 6.45) is 23.7. The van der Waals surface area contributed by atoms with Crippen LogP contribution in [0.15, 0.2) is 0 Å². The standard InChI is InChI=1S/C22H42O3/c1-2-20-21(25-20)18-16-14-12-10-8-6-4-3-5-7-9-11-13-15-17-19-22(23)24/h20-21H,2-19H2,1H3,(H,23,24)/t20-,21+/m0/s1. The average Bonchev–Trinajstić information content (AvgIpc) is 3.36. The predicted octanol–water partition coefficient (Wildman–Crippen LogP) is 6.88. The van der Waals surface area contributed by atoms with Crippen molar-refractivity contribution in [3.05, 3.63) is 0 Å². The Balaban J connectivity index is 1.64. The number of hydrogen-bond acceptors (Lipinski definition) is 2. The molecule has 0 saturated carbocycles. The Morgan fingerprint density at radius 3 is 1.44 bits per heavy atom. The Morgan fingerprint density at radius 2 is 1.08 bits per heavy atom. The van der Waals surface area contributed by atoms with E-state index in [0.29, 0.717) is 18.6 Å². The fourth-order valence-electron chi connectivity index (χ4n) is 3.71. The number of aliphatic carboxylic acids is 1. The van der Waals surface area contributed by atoms with Gasteiger partial charge in [-0.05, 0) is 19.3 Å². The Bertz CT molecular complexity index is 316. The molecule has 0 spiro atoms. The van der Waals surface area contributed by atoms with Gasteiger partial charge in [-0.3, -0.25) is 4.79 Å². The molecule has 3 heteroatoms. The quantitative estimate of drug-likeness (QED) is 0.203. The van der Waals surface area contributed by atoms with Crippen LogP contribution >= 0.6 is 0 Å². The molecule has 0 aliphatic carbocycles. The highest BCUT2D eigenvalue weighted by Gasteiger charge is 2.35. The third kappa shape index (κ3) is 14.3. The number of unbranched alkanes of at least 4 members (excludes halogenated alkanes) is 14. The highest BCUT2D eigenvalue weighted by Crippen LogP contribution is 2.29. The first kappa shape index (κ1) is 22.5. The zero-order valence-corrected chi connectivity index (χ0v) is 16.6. The first-order valence-corrected chi connectivity index (χ1v) is 11.1. The van der Waals surface area contributed by atoms with Gasteiger partial charge in [0.1, 0.15) is 0 Å². The van der Waals surface area contributed by atoms with Crippen molar-refractivity contribution in [2.45, 2.75) is 135 Å². The molecule has 1 saturated heterocycles. The Labute approximate surface area is 155 Å². The van der Waals surface area contributed by atoms with E-state index in [1.54, 1.807) is 0 Å². The SMILES string of the molecule is CC[C@@H]1O[C@@H]1CCCCCCCCCCCCCCCCCC(=O)O. The van der Waals surface area contributed by atoms with Crippen LogP contribution in [0.25, 0.3) is 0 Å².